The van der Waals surface area contributed by atoms with Crippen LogP contribution in [-0.4, -0.2) is 56.0 Å². The third-order valence-electron chi connectivity index (χ3n) is 6.77. The lowest BCUT2D eigenvalue weighted by molar-refractivity contribution is -0.127. The highest BCUT2D eigenvalue weighted by atomic mass is 35.5. The number of piperazine rings is 1. The first kappa shape index (κ1) is 26.8. The summed E-state index contributed by atoms with van der Waals surface area (Å²) in [5.74, 6) is 0.652. The summed E-state index contributed by atoms with van der Waals surface area (Å²) in [7, 11) is 0. The Balaban J connectivity index is 1.22. The average Bonchev–Trinajstić information content (AvgIpc) is 2.85. The number of hydrogen-bond acceptors (Lipinski definition) is 5. The van der Waals surface area contributed by atoms with Gasteiger partial charge >= 0.3 is 0 Å². The van der Waals surface area contributed by atoms with E-state index in [1.165, 1.54) is 4.90 Å². The van der Waals surface area contributed by atoms with Crippen LogP contribution in [0, 0.1) is 5.92 Å². The Morgan fingerprint density at radius 2 is 1.78 bits per heavy atom. The minimum absolute atomic E-state index is 0.122. The minimum Gasteiger partial charge on any atom is -0.494 e. The van der Waals surface area contributed by atoms with Gasteiger partial charge in [-0.1, -0.05) is 49.2 Å². The van der Waals surface area contributed by atoms with Crippen LogP contribution in [0.25, 0.3) is 0 Å². The molecule has 2 heterocycles. The van der Waals surface area contributed by atoms with Crippen LogP contribution in [0.15, 0.2) is 36.4 Å². The van der Waals surface area contributed by atoms with Gasteiger partial charge in [0.15, 0.2) is 0 Å². The van der Waals surface area contributed by atoms with Crippen LogP contribution in [0.4, 0.5) is 11.4 Å². The van der Waals surface area contributed by atoms with E-state index in [1.54, 1.807) is 0 Å². The van der Waals surface area contributed by atoms with E-state index in [1.807, 2.05) is 50.2 Å². The van der Waals surface area contributed by atoms with Gasteiger partial charge in [-0.2, -0.15) is 0 Å². The molecule has 1 saturated heterocycles. The first-order chi connectivity index (χ1) is 17.3. The molecule has 2 aliphatic rings. The monoisotopic (exact) mass is 531 g/mol. The molecule has 194 valence electrons. The lowest BCUT2D eigenvalue weighted by Gasteiger charge is -2.36. The minimum atomic E-state index is -0.133. The van der Waals surface area contributed by atoms with Crippen molar-refractivity contribution in [3.63, 3.8) is 0 Å². The summed E-state index contributed by atoms with van der Waals surface area (Å²) >= 11 is 12.6. The van der Waals surface area contributed by atoms with Gasteiger partial charge in [-0.25, -0.2) is 0 Å². The van der Waals surface area contributed by atoms with E-state index in [0.717, 1.165) is 56.8 Å². The number of fused-ring (bicyclic) bond motifs is 1. The molecule has 2 aromatic rings. The van der Waals surface area contributed by atoms with Crippen LogP contribution in [0.3, 0.4) is 0 Å². The maximum atomic E-state index is 12.7. The second-order valence-electron chi connectivity index (χ2n) is 9.97. The topological polar surface area (TPSA) is 53.1 Å². The van der Waals surface area contributed by atoms with E-state index in [-0.39, 0.29) is 17.7 Å². The summed E-state index contributed by atoms with van der Waals surface area (Å²) in [5, 5.41) is 1.22. The number of hydrogen-bond donors (Lipinski definition) is 0. The van der Waals surface area contributed by atoms with Crippen molar-refractivity contribution in [2.24, 2.45) is 5.92 Å². The molecule has 0 aliphatic carbocycles. The molecule has 0 bridgehead atoms. The number of halogens is 2. The molecule has 1 fully saturated rings. The third-order valence-corrected chi connectivity index (χ3v) is 7.58. The average molecular weight is 533 g/mol. The Kier molecular flexibility index (Phi) is 9.15. The van der Waals surface area contributed by atoms with Gasteiger partial charge in [0.1, 0.15) is 5.75 Å². The van der Waals surface area contributed by atoms with Crippen LogP contribution in [0.1, 0.15) is 45.1 Å². The SMILES string of the molecule is CC(C)CC(=O)N1C(=O)CCc2ccc(OCCCCN3CCN(c4cccc(Cl)c4Cl)CC3)cc21. The molecule has 0 N–H and O–H groups in total. The molecule has 0 aromatic heterocycles. The predicted octanol–water partition coefficient (Wildman–Crippen LogP) is 5.83. The molecule has 0 unspecified atom stereocenters. The maximum Gasteiger partial charge on any atom is 0.234 e. The van der Waals surface area contributed by atoms with Crippen molar-refractivity contribution in [1.82, 2.24) is 4.90 Å². The summed E-state index contributed by atoms with van der Waals surface area (Å²) < 4.78 is 6.00. The van der Waals surface area contributed by atoms with Crippen molar-refractivity contribution in [2.75, 3.05) is 49.1 Å². The molecule has 2 amide bonds. The van der Waals surface area contributed by atoms with Crippen molar-refractivity contribution >= 4 is 46.4 Å². The molecule has 0 saturated carbocycles. The first-order valence-electron chi connectivity index (χ1n) is 12.9. The van der Waals surface area contributed by atoms with Gasteiger partial charge in [-0.15, -0.1) is 0 Å². The summed E-state index contributed by atoms with van der Waals surface area (Å²) in [6.45, 7) is 9.43. The van der Waals surface area contributed by atoms with Crippen molar-refractivity contribution in [3.8, 4) is 5.75 Å². The zero-order chi connectivity index (χ0) is 25.7. The van der Waals surface area contributed by atoms with Gasteiger partial charge in [-0.05, 0) is 55.5 Å². The Morgan fingerprint density at radius 1 is 1.00 bits per heavy atom. The zero-order valence-corrected chi connectivity index (χ0v) is 22.7. The van der Waals surface area contributed by atoms with Gasteiger partial charge in [0.25, 0.3) is 0 Å². The van der Waals surface area contributed by atoms with Crippen LogP contribution >= 0.6 is 23.2 Å². The highest BCUT2D eigenvalue weighted by Gasteiger charge is 2.30. The van der Waals surface area contributed by atoms with Crippen molar-refractivity contribution in [1.29, 1.82) is 0 Å². The smallest absolute Gasteiger partial charge is 0.234 e. The highest BCUT2D eigenvalue weighted by molar-refractivity contribution is 6.43. The number of rotatable bonds is 9. The number of carbonyl (C=O) groups excluding carboxylic acids is 2. The largest absolute Gasteiger partial charge is 0.494 e. The standard InChI is InChI=1S/C28H35Cl2N3O3/c1-20(2)18-27(35)33-25-19-22(10-8-21(25)9-11-26(33)34)36-17-4-3-12-31-13-15-32(16-14-31)24-7-5-6-23(29)28(24)30/h5-8,10,19-20H,3-4,9,11-18H2,1-2H3. The number of amides is 2. The van der Waals surface area contributed by atoms with Crippen molar-refractivity contribution in [2.45, 2.75) is 46.0 Å². The second kappa shape index (κ2) is 12.3. The molecule has 0 radical (unpaired) electrons. The van der Waals surface area contributed by atoms with Crippen LogP contribution in [0.2, 0.25) is 10.0 Å². The van der Waals surface area contributed by atoms with E-state index in [0.29, 0.717) is 47.4 Å². The number of ether oxygens (including phenoxy) is 1. The van der Waals surface area contributed by atoms with Gasteiger partial charge < -0.3 is 9.64 Å². The Bertz CT molecular complexity index is 1080. The zero-order valence-electron chi connectivity index (χ0n) is 21.1. The molecule has 6 nitrogen and oxygen atoms in total. The van der Waals surface area contributed by atoms with E-state index in [4.69, 9.17) is 27.9 Å². The molecule has 36 heavy (non-hydrogen) atoms. The fraction of sp³-hybridized carbons (Fsp3) is 0.500. The second-order valence-corrected chi connectivity index (χ2v) is 10.8. The molecule has 4 rings (SSSR count). The molecular weight excluding hydrogens is 497 g/mol. The number of carbonyl (C=O) groups is 2. The molecule has 0 spiro atoms. The Hall–Kier alpha value is -2.28. The quantitative estimate of drug-likeness (QED) is 0.381. The van der Waals surface area contributed by atoms with E-state index in [9.17, 15) is 9.59 Å². The number of nitrogens with zero attached hydrogens (tertiary/aromatic N) is 3. The molecular formula is C28H35Cl2N3O3. The first-order valence-corrected chi connectivity index (χ1v) is 13.6. The number of unbranched alkanes of at least 4 members (excludes halogenated alkanes) is 1. The Labute approximate surface area is 224 Å². The number of aryl methyl sites for hydroxylation is 1. The van der Waals surface area contributed by atoms with E-state index in [2.05, 4.69) is 9.80 Å². The molecule has 8 heteroatoms. The normalized spacial score (nSPS) is 16.4. The number of imide groups is 1. The maximum absolute atomic E-state index is 12.7. The molecule has 2 aliphatic heterocycles. The van der Waals surface area contributed by atoms with Crippen molar-refractivity contribution < 1.29 is 14.3 Å². The summed E-state index contributed by atoms with van der Waals surface area (Å²) in [6, 6.07) is 11.6. The van der Waals surface area contributed by atoms with Crippen LogP contribution in [-0.2, 0) is 16.0 Å². The highest BCUT2D eigenvalue weighted by Crippen LogP contribution is 2.34. The molecule has 0 atom stereocenters. The van der Waals surface area contributed by atoms with Gasteiger partial charge in [0.2, 0.25) is 11.8 Å². The van der Waals surface area contributed by atoms with E-state index < -0.39 is 0 Å². The predicted molar refractivity (Wildman–Crippen MR) is 147 cm³/mol. The number of benzene rings is 2. The lowest BCUT2D eigenvalue weighted by Crippen LogP contribution is -2.46. The summed E-state index contributed by atoms with van der Waals surface area (Å²) in [4.78, 5) is 31.4. The van der Waals surface area contributed by atoms with Crippen LogP contribution < -0.4 is 14.5 Å². The summed E-state index contributed by atoms with van der Waals surface area (Å²) in [6.07, 6.45) is 3.37. The fourth-order valence-electron chi connectivity index (χ4n) is 4.83. The summed E-state index contributed by atoms with van der Waals surface area (Å²) in [5.41, 5.74) is 2.72. The number of anilines is 2. The van der Waals surface area contributed by atoms with Gasteiger partial charge in [0, 0.05) is 45.1 Å². The Morgan fingerprint density at radius 3 is 2.53 bits per heavy atom. The van der Waals surface area contributed by atoms with Crippen LogP contribution in [0.5, 0.6) is 5.75 Å². The molecule has 2 aromatic carbocycles. The lowest BCUT2D eigenvalue weighted by atomic mass is 9.99. The van der Waals surface area contributed by atoms with Crippen molar-refractivity contribution in [3.05, 3.63) is 52.0 Å². The van der Waals surface area contributed by atoms with E-state index >= 15 is 0 Å². The third kappa shape index (κ3) is 6.53. The van der Waals surface area contributed by atoms with Gasteiger partial charge in [-0.3, -0.25) is 19.4 Å². The fourth-order valence-corrected chi connectivity index (χ4v) is 5.25. The van der Waals surface area contributed by atoms with Gasteiger partial charge in [0.05, 0.1) is 28.0 Å².